The van der Waals surface area contributed by atoms with Crippen LogP contribution in [0.2, 0.25) is 0 Å². The molecule has 0 spiro atoms. The molecule has 0 radical (unpaired) electrons. The minimum Gasteiger partial charge on any atom is -0.493 e. The van der Waals surface area contributed by atoms with E-state index in [0.29, 0.717) is 25.4 Å². The average molecular weight is 337 g/mol. The number of ether oxygens (including phenoxy) is 2. The molecule has 1 fully saturated rings. The number of nitro groups is 1. The lowest BCUT2D eigenvalue weighted by atomic mass is 10.0. The maximum Gasteiger partial charge on any atom is 0.286 e. The van der Waals surface area contributed by atoms with E-state index in [1.54, 1.807) is 11.8 Å². The Bertz CT molecular complexity index is 620. The topological polar surface area (TPSA) is 93.9 Å². The number of benzene rings is 1. The average Bonchev–Trinajstić information content (AvgIpc) is 2.61. The number of carbonyl (C=O) groups excluding carboxylic acids is 1. The van der Waals surface area contributed by atoms with Crippen molar-refractivity contribution in [2.24, 2.45) is 0 Å². The number of hydrogen-bond donors (Lipinski definition) is 1. The summed E-state index contributed by atoms with van der Waals surface area (Å²) >= 11 is 0. The molecule has 1 aliphatic heterocycles. The van der Waals surface area contributed by atoms with Gasteiger partial charge in [0.2, 0.25) is 0 Å². The lowest BCUT2D eigenvalue weighted by Crippen LogP contribution is -2.47. The van der Waals surface area contributed by atoms with E-state index in [1.807, 2.05) is 7.05 Å². The van der Waals surface area contributed by atoms with Gasteiger partial charge >= 0.3 is 0 Å². The summed E-state index contributed by atoms with van der Waals surface area (Å²) in [5.74, 6) is 0.214. The summed E-state index contributed by atoms with van der Waals surface area (Å²) in [5, 5.41) is 14.6. The molecule has 0 aliphatic carbocycles. The Balaban J connectivity index is 2.40. The number of rotatable bonds is 6. The highest BCUT2D eigenvalue weighted by atomic mass is 16.6. The monoisotopic (exact) mass is 337 g/mol. The molecule has 1 aliphatic rings. The maximum absolute atomic E-state index is 12.8. The van der Waals surface area contributed by atoms with Crippen molar-refractivity contribution in [2.75, 3.05) is 33.9 Å². The summed E-state index contributed by atoms with van der Waals surface area (Å²) in [6.45, 7) is 3.23. The summed E-state index contributed by atoms with van der Waals surface area (Å²) < 4.78 is 10.6. The van der Waals surface area contributed by atoms with Crippen molar-refractivity contribution in [3.05, 3.63) is 27.8 Å². The predicted molar refractivity (Wildman–Crippen MR) is 88.8 cm³/mol. The van der Waals surface area contributed by atoms with Crippen LogP contribution in [-0.2, 0) is 0 Å². The molecule has 1 saturated heterocycles. The van der Waals surface area contributed by atoms with Gasteiger partial charge < -0.3 is 19.7 Å². The first-order valence-electron chi connectivity index (χ1n) is 7.97. The third-order valence-corrected chi connectivity index (χ3v) is 4.13. The largest absolute Gasteiger partial charge is 0.493 e. The zero-order chi connectivity index (χ0) is 17.7. The first kappa shape index (κ1) is 18.0. The van der Waals surface area contributed by atoms with Crippen LogP contribution in [0.4, 0.5) is 5.69 Å². The second-order valence-corrected chi connectivity index (χ2v) is 5.59. The van der Waals surface area contributed by atoms with E-state index >= 15 is 0 Å². The van der Waals surface area contributed by atoms with Crippen molar-refractivity contribution in [3.63, 3.8) is 0 Å². The summed E-state index contributed by atoms with van der Waals surface area (Å²) in [7, 11) is 3.29. The van der Waals surface area contributed by atoms with E-state index in [4.69, 9.17) is 9.47 Å². The third kappa shape index (κ3) is 3.76. The molecule has 1 aromatic carbocycles. The summed E-state index contributed by atoms with van der Waals surface area (Å²) in [6.07, 6.45) is 1.84. The molecule has 1 N–H and O–H groups in total. The highest BCUT2D eigenvalue weighted by molar-refractivity contribution is 5.99. The number of nitrogens with zero attached hydrogens (tertiary/aromatic N) is 2. The molecule has 24 heavy (non-hydrogen) atoms. The first-order chi connectivity index (χ1) is 11.5. The number of piperidine rings is 1. The number of nitrogens with one attached hydrogen (secondary N) is 1. The standard InChI is InChI=1S/C16H23N3O5/c1-4-24-15-9-13(19(21)22)12(8-14(15)23-3)16(20)18-7-5-6-11(10-18)17-2/h8-9,11,17H,4-7,10H2,1-3H3. The zero-order valence-electron chi connectivity index (χ0n) is 14.2. The second-order valence-electron chi connectivity index (χ2n) is 5.59. The van der Waals surface area contributed by atoms with Gasteiger partial charge in [-0.2, -0.15) is 0 Å². The molecule has 0 saturated carbocycles. The van der Waals surface area contributed by atoms with Crippen molar-refractivity contribution in [1.29, 1.82) is 0 Å². The number of carbonyl (C=O) groups is 1. The number of likely N-dealkylation sites (tertiary alicyclic amines) is 1. The van der Waals surface area contributed by atoms with Gasteiger partial charge in [-0.05, 0) is 26.8 Å². The van der Waals surface area contributed by atoms with Crippen molar-refractivity contribution in [1.82, 2.24) is 10.2 Å². The SMILES string of the molecule is CCOc1cc([N+](=O)[O-])c(C(=O)N2CCCC(NC)C2)cc1OC. The molecule has 0 bridgehead atoms. The fraction of sp³-hybridized carbons (Fsp3) is 0.562. The predicted octanol–water partition coefficient (Wildman–Crippen LogP) is 1.83. The Labute approximate surface area is 140 Å². The summed E-state index contributed by atoms with van der Waals surface area (Å²) in [4.78, 5) is 25.3. The van der Waals surface area contributed by atoms with E-state index in [-0.39, 0.29) is 28.9 Å². The Hall–Kier alpha value is -2.35. The molecule has 1 amide bonds. The normalized spacial score (nSPS) is 17.5. The summed E-state index contributed by atoms with van der Waals surface area (Å²) in [6, 6.07) is 2.86. The van der Waals surface area contributed by atoms with E-state index in [0.717, 1.165) is 12.8 Å². The molecule has 0 aromatic heterocycles. The molecule has 8 nitrogen and oxygen atoms in total. The van der Waals surface area contributed by atoms with Gasteiger partial charge in [-0.3, -0.25) is 14.9 Å². The zero-order valence-corrected chi connectivity index (χ0v) is 14.2. The smallest absolute Gasteiger partial charge is 0.286 e. The number of methoxy groups -OCH3 is 1. The summed E-state index contributed by atoms with van der Waals surface area (Å²) in [5.41, 5.74) is -0.243. The van der Waals surface area contributed by atoms with Crippen LogP contribution in [0.5, 0.6) is 11.5 Å². The minimum absolute atomic E-state index is 0.0251. The lowest BCUT2D eigenvalue weighted by Gasteiger charge is -2.32. The molecule has 8 heteroatoms. The van der Waals surface area contributed by atoms with Gasteiger partial charge in [0, 0.05) is 25.2 Å². The van der Waals surface area contributed by atoms with Gasteiger partial charge in [0.25, 0.3) is 11.6 Å². The fourth-order valence-electron chi connectivity index (χ4n) is 2.87. The molecule has 1 atom stereocenters. The van der Waals surface area contributed by atoms with Crippen LogP contribution in [0.15, 0.2) is 12.1 Å². The van der Waals surface area contributed by atoms with Crippen LogP contribution in [0.3, 0.4) is 0 Å². The molecule has 1 aromatic rings. The quantitative estimate of drug-likeness (QED) is 0.629. The molecule has 1 heterocycles. The van der Waals surface area contributed by atoms with Crippen LogP contribution < -0.4 is 14.8 Å². The number of likely N-dealkylation sites (N-methyl/N-ethyl adjacent to an activating group) is 1. The molecular weight excluding hydrogens is 314 g/mol. The Morgan fingerprint density at radius 2 is 2.21 bits per heavy atom. The van der Waals surface area contributed by atoms with Gasteiger partial charge in [0.1, 0.15) is 5.56 Å². The van der Waals surface area contributed by atoms with Gasteiger partial charge in [-0.1, -0.05) is 0 Å². The van der Waals surface area contributed by atoms with Crippen molar-refractivity contribution in [3.8, 4) is 11.5 Å². The number of nitro benzene ring substituents is 1. The minimum atomic E-state index is -0.561. The first-order valence-corrected chi connectivity index (χ1v) is 7.97. The van der Waals surface area contributed by atoms with E-state index < -0.39 is 4.92 Å². The maximum atomic E-state index is 12.8. The molecular formula is C16H23N3O5. The van der Waals surface area contributed by atoms with Crippen molar-refractivity contribution >= 4 is 11.6 Å². The number of amides is 1. The van der Waals surface area contributed by atoms with E-state index in [9.17, 15) is 14.9 Å². The second kappa shape index (κ2) is 7.96. The van der Waals surface area contributed by atoms with E-state index in [1.165, 1.54) is 19.2 Å². The van der Waals surface area contributed by atoms with Gasteiger partial charge in [-0.25, -0.2) is 0 Å². The Morgan fingerprint density at radius 1 is 1.46 bits per heavy atom. The van der Waals surface area contributed by atoms with Crippen LogP contribution in [-0.4, -0.2) is 55.6 Å². The number of hydrogen-bond acceptors (Lipinski definition) is 6. The van der Waals surface area contributed by atoms with Crippen LogP contribution >= 0.6 is 0 Å². The van der Waals surface area contributed by atoms with Crippen LogP contribution in [0, 0.1) is 10.1 Å². The van der Waals surface area contributed by atoms with Gasteiger partial charge in [-0.15, -0.1) is 0 Å². The Morgan fingerprint density at radius 3 is 2.79 bits per heavy atom. The fourth-order valence-corrected chi connectivity index (χ4v) is 2.87. The van der Waals surface area contributed by atoms with Crippen molar-refractivity contribution in [2.45, 2.75) is 25.8 Å². The highest BCUT2D eigenvalue weighted by Crippen LogP contribution is 2.35. The lowest BCUT2D eigenvalue weighted by molar-refractivity contribution is -0.385. The highest BCUT2D eigenvalue weighted by Gasteiger charge is 2.30. The molecule has 1 unspecified atom stereocenters. The van der Waals surface area contributed by atoms with E-state index in [2.05, 4.69) is 5.32 Å². The Kier molecular flexibility index (Phi) is 5.97. The van der Waals surface area contributed by atoms with Gasteiger partial charge in [0.15, 0.2) is 11.5 Å². The molecule has 132 valence electrons. The molecule has 2 rings (SSSR count). The van der Waals surface area contributed by atoms with Crippen LogP contribution in [0.1, 0.15) is 30.1 Å². The van der Waals surface area contributed by atoms with Crippen molar-refractivity contribution < 1.29 is 19.2 Å². The third-order valence-electron chi connectivity index (χ3n) is 4.13. The van der Waals surface area contributed by atoms with Crippen LogP contribution in [0.25, 0.3) is 0 Å². The van der Waals surface area contributed by atoms with Gasteiger partial charge in [0.05, 0.1) is 24.7 Å².